The second-order valence-corrected chi connectivity index (χ2v) is 4.71. The summed E-state index contributed by atoms with van der Waals surface area (Å²) in [5, 5.41) is 3.22. The molecule has 0 saturated heterocycles. The molecule has 1 heterocycles. The van der Waals surface area contributed by atoms with Crippen molar-refractivity contribution in [3.8, 4) is 0 Å². The minimum absolute atomic E-state index is 0.0413. The van der Waals surface area contributed by atoms with Gasteiger partial charge in [-0.05, 0) is 31.9 Å². The molecule has 0 radical (unpaired) electrons. The van der Waals surface area contributed by atoms with Crippen LogP contribution in [-0.2, 0) is 0 Å². The third kappa shape index (κ3) is 4.03. The van der Waals surface area contributed by atoms with Crippen molar-refractivity contribution in [2.24, 2.45) is 5.73 Å². The minimum atomic E-state index is 0.0413. The van der Waals surface area contributed by atoms with Gasteiger partial charge in [-0.2, -0.15) is 0 Å². The number of hydrogen-bond donors (Lipinski definition) is 2. The summed E-state index contributed by atoms with van der Waals surface area (Å²) >= 11 is 0. The Morgan fingerprint density at radius 1 is 1.11 bits per heavy atom. The first-order chi connectivity index (χ1) is 9.15. The molecule has 1 unspecified atom stereocenters. The van der Waals surface area contributed by atoms with E-state index >= 15 is 0 Å². The van der Waals surface area contributed by atoms with E-state index in [1.54, 1.807) is 0 Å². The summed E-state index contributed by atoms with van der Waals surface area (Å²) < 4.78 is 0. The highest BCUT2D eigenvalue weighted by Crippen LogP contribution is 2.13. The fourth-order valence-corrected chi connectivity index (χ4v) is 2.01. The first kappa shape index (κ1) is 13.5. The highest BCUT2D eigenvalue weighted by Gasteiger charge is 2.05. The molecule has 0 saturated carbocycles. The summed E-state index contributed by atoms with van der Waals surface area (Å²) in [6.07, 6.45) is 0.848. The maximum Gasteiger partial charge on any atom is 0.223 e. The zero-order valence-corrected chi connectivity index (χ0v) is 11.4. The molecule has 2 rings (SSSR count). The lowest BCUT2D eigenvalue weighted by Gasteiger charge is -2.12. The van der Waals surface area contributed by atoms with Gasteiger partial charge in [-0.1, -0.05) is 30.3 Å². The van der Waals surface area contributed by atoms with Gasteiger partial charge < -0.3 is 11.1 Å². The van der Waals surface area contributed by atoms with Gasteiger partial charge in [0.1, 0.15) is 0 Å². The fraction of sp³-hybridized carbons (Fsp3) is 0.333. The molecule has 2 aromatic rings. The Kier molecular flexibility index (Phi) is 4.47. The van der Waals surface area contributed by atoms with Gasteiger partial charge >= 0.3 is 0 Å². The second kappa shape index (κ2) is 6.29. The van der Waals surface area contributed by atoms with E-state index in [2.05, 4.69) is 27.4 Å². The van der Waals surface area contributed by atoms with Crippen LogP contribution in [0.1, 0.15) is 29.4 Å². The van der Waals surface area contributed by atoms with Crippen molar-refractivity contribution in [1.29, 1.82) is 0 Å². The highest BCUT2D eigenvalue weighted by molar-refractivity contribution is 5.27. The van der Waals surface area contributed by atoms with Crippen LogP contribution < -0.4 is 11.1 Å². The van der Waals surface area contributed by atoms with Crippen LogP contribution in [0.5, 0.6) is 0 Å². The molecule has 0 aliphatic rings. The number of benzene rings is 1. The van der Waals surface area contributed by atoms with Gasteiger partial charge in [-0.3, -0.25) is 0 Å². The number of nitrogens with one attached hydrogen (secondary N) is 1. The number of hydrogen-bond acceptors (Lipinski definition) is 4. The van der Waals surface area contributed by atoms with Crippen LogP contribution in [0.4, 0.5) is 5.95 Å². The molecule has 1 atom stereocenters. The maximum absolute atomic E-state index is 6.14. The summed E-state index contributed by atoms with van der Waals surface area (Å²) in [5.74, 6) is 0.678. The Balaban J connectivity index is 1.86. The number of nitrogens with zero attached hydrogens (tertiary/aromatic N) is 2. The zero-order valence-electron chi connectivity index (χ0n) is 11.4. The van der Waals surface area contributed by atoms with E-state index in [1.807, 2.05) is 38.1 Å². The monoisotopic (exact) mass is 256 g/mol. The molecule has 1 aromatic heterocycles. The van der Waals surface area contributed by atoms with E-state index in [0.29, 0.717) is 5.95 Å². The second-order valence-electron chi connectivity index (χ2n) is 4.71. The van der Waals surface area contributed by atoms with E-state index in [-0.39, 0.29) is 6.04 Å². The maximum atomic E-state index is 6.14. The Bertz CT molecular complexity index is 505. The van der Waals surface area contributed by atoms with Gasteiger partial charge in [0.2, 0.25) is 5.95 Å². The summed E-state index contributed by atoms with van der Waals surface area (Å²) in [6, 6.07) is 12.1. The van der Waals surface area contributed by atoms with Crippen LogP contribution in [0.3, 0.4) is 0 Å². The average molecular weight is 256 g/mol. The normalized spacial score (nSPS) is 12.2. The van der Waals surface area contributed by atoms with E-state index < -0.39 is 0 Å². The van der Waals surface area contributed by atoms with E-state index in [4.69, 9.17) is 5.73 Å². The Morgan fingerprint density at radius 3 is 2.37 bits per heavy atom. The Morgan fingerprint density at radius 2 is 1.74 bits per heavy atom. The molecular weight excluding hydrogens is 236 g/mol. The van der Waals surface area contributed by atoms with Crippen LogP contribution in [-0.4, -0.2) is 16.5 Å². The summed E-state index contributed by atoms with van der Waals surface area (Å²) in [6.45, 7) is 4.70. The number of rotatable bonds is 5. The first-order valence-corrected chi connectivity index (χ1v) is 6.52. The smallest absolute Gasteiger partial charge is 0.223 e. The quantitative estimate of drug-likeness (QED) is 0.863. The number of aromatic nitrogens is 2. The minimum Gasteiger partial charge on any atom is -0.354 e. The predicted octanol–water partition coefficient (Wildman–Crippen LogP) is 2.60. The molecule has 0 spiro atoms. The van der Waals surface area contributed by atoms with Crippen molar-refractivity contribution in [3.05, 3.63) is 53.3 Å². The largest absolute Gasteiger partial charge is 0.354 e. The number of nitrogens with two attached hydrogens (primary N) is 1. The van der Waals surface area contributed by atoms with Crippen molar-refractivity contribution in [1.82, 2.24) is 9.97 Å². The molecule has 3 N–H and O–H groups in total. The van der Waals surface area contributed by atoms with Crippen LogP contribution in [0.2, 0.25) is 0 Å². The van der Waals surface area contributed by atoms with Crippen molar-refractivity contribution in [2.75, 3.05) is 11.9 Å². The van der Waals surface area contributed by atoms with Gasteiger partial charge in [0.05, 0.1) is 0 Å². The molecule has 0 aliphatic carbocycles. The molecule has 0 amide bonds. The van der Waals surface area contributed by atoms with Crippen LogP contribution >= 0.6 is 0 Å². The van der Waals surface area contributed by atoms with Gasteiger partial charge in [0.15, 0.2) is 0 Å². The van der Waals surface area contributed by atoms with Crippen LogP contribution in [0.25, 0.3) is 0 Å². The van der Waals surface area contributed by atoms with Gasteiger partial charge in [0.25, 0.3) is 0 Å². The van der Waals surface area contributed by atoms with Gasteiger partial charge in [0, 0.05) is 24.0 Å². The molecule has 100 valence electrons. The molecule has 0 fully saturated rings. The van der Waals surface area contributed by atoms with Crippen molar-refractivity contribution in [2.45, 2.75) is 26.3 Å². The molecule has 4 heteroatoms. The summed E-state index contributed by atoms with van der Waals surface area (Å²) in [4.78, 5) is 8.68. The number of anilines is 1. The molecule has 19 heavy (non-hydrogen) atoms. The molecule has 1 aromatic carbocycles. The van der Waals surface area contributed by atoms with E-state index in [1.165, 1.54) is 0 Å². The third-order valence-corrected chi connectivity index (χ3v) is 2.95. The van der Waals surface area contributed by atoms with Gasteiger partial charge in [-0.25, -0.2) is 9.97 Å². The van der Waals surface area contributed by atoms with Crippen LogP contribution in [0.15, 0.2) is 36.4 Å². The molecule has 0 bridgehead atoms. The predicted molar refractivity (Wildman–Crippen MR) is 78.0 cm³/mol. The Hall–Kier alpha value is -1.94. The SMILES string of the molecule is Cc1cc(C)nc(NCCC(N)c2ccccc2)n1. The lowest BCUT2D eigenvalue weighted by molar-refractivity contribution is 0.672. The van der Waals surface area contributed by atoms with Crippen molar-refractivity contribution >= 4 is 5.95 Å². The van der Waals surface area contributed by atoms with Crippen molar-refractivity contribution in [3.63, 3.8) is 0 Å². The lowest BCUT2D eigenvalue weighted by atomic mass is 10.1. The average Bonchev–Trinajstić information content (AvgIpc) is 2.38. The fourth-order valence-electron chi connectivity index (χ4n) is 2.01. The first-order valence-electron chi connectivity index (χ1n) is 6.52. The topological polar surface area (TPSA) is 63.8 Å². The zero-order chi connectivity index (χ0) is 13.7. The third-order valence-electron chi connectivity index (χ3n) is 2.95. The standard InChI is InChI=1S/C15H20N4/c1-11-10-12(2)19-15(18-11)17-9-8-14(16)13-6-4-3-5-7-13/h3-7,10,14H,8-9,16H2,1-2H3,(H,17,18,19). The highest BCUT2D eigenvalue weighted by atomic mass is 15.1. The lowest BCUT2D eigenvalue weighted by Crippen LogP contribution is -2.16. The van der Waals surface area contributed by atoms with E-state index in [0.717, 1.165) is 29.9 Å². The summed E-state index contributed by atoms with van der Waals surface area (Å²) in [5.41, 5.74) is 9.24. The Labute approximate surface area is 114 Å². The van der Waals surface area contributed by atoms with Crippen LogP contribution in [0, 0.1) is 13.8 Å². The van der Waals surface area contributed by atoms with Gasteiger partial charge in [-0.15, -0.1) is 0 Å². The van der Waals surface area contributed by atoms with E-state index in [9.17, 15) is 0 Å². The van der Waals surface area contributed by atoms with Crippen molar-refractivity contribution < 1.29 is 0 Å². The summed E-state index contributed by atoms with van der Waals surface area (Å²) in [7, 11) is 0. The molecule has 4 nitrogen and oxygen atoms in total. The molecule has 0 aliphatic heterocycles. The number of aryl methyl sites for hydroxylation is 2. The molecular formula is C15H20N4.